The number of carbonyl (C=O) groups excluding carboxylic acids is 1. The van der Waals surface area contributed by atoms with Gasteiger partial charge in [0.05, 0.1) is 6.04 Å². The Morgan fingerprint density at radius 1 is 1.37 bits per heavy atom. The van der Waals surface area contributed by atoms with Crippen LogP contribution in [-0.2, 0) is 4.79 Å². The van der Waals surface area contributed by atoms with E-state index in [0.717, 1.165) is 19.4 Å². The van der Waals surface area contributed by atoms with Crippen LogP contribution in [0.3, 0.4) is 0 Å². The third-order valence-electron chi connectivity index (χ3n) is 4.08. The van der Waals surface area contributed by atoms with Crippen molar-refractivity contribution >= 4 is 5.91 Å². The van der Waals surface area contributed by atoms with Crippen molar-refractivity contribution < 1.29 is 4.79 Å². The molecule has 1 aliphatic rings. The molecule has 0 spiro atoms. The minimum atomic E-state index is 0.0277. The molecule has 1 aromatic rings. The Labute approximate surface area is 115 Å². The number of aryl methyl sites for hydroxylation is 2. The number of amides is 1. The fraction of sp³-hybridized carbons (Fsp3) is 0.562. The molecule has 1 fully saturated rings. The van der Waals surface area contributed by atoms with Gasteiger partial charge >= 0.3 is 0 Å². The normalized spacial score (nSPS) is 24.4. The number of benzene rings is 1. The number of nitrogens with two attached hydrogens (primary N) is 1. The largest absolute Gasteiger partial charge is 0.334 e. The van der Waals surface area contributed by atoms with E-state index in [1.165, 1.54) is 16.7 Å². The zero-order valence-electron chi connectivity index (χ0n) is 12.1. The third kappa shape index (κ3) is 2.81. The summed E-state index contributed by atoms with van der Waals surface area (Å²) in [6.07, 6.45) is 2.45. The van der Waals surface area contributed by atoms with Crippen LogP contribution in [-0.4, -0.2) is 23.4 Å². The Kier molecular flexibility index (Phi) is 4.25. The molecule has 104 valence electrons. The van der Waals surface area contributed by atoms with E-state index in [-0.39, 0.29) is 18.0 Å². The first-order valence-corrected chi connectivity index (χ1v) is 7.16. The first kappa shape index (κ1) is 14.1. The smallest absolute Gasteiger partial charge is 0.223 e. The van der Waals surface area contributed by atoms with Gasteiger partial charge in [-0.25, -0.2) is 0 Å². The van der Waals surface area contributed by atoms with Crippen molar-refractivity contribution in [2.75, 3.05) is 6.54 Å². The highest BCUT2D eigenvalue weighted by Gasteiger charge is 2.32. The van der Waals surface area contributed by atoms with Gasteiger partial charge in [0.1, 0.15) is 0 Å². The van der Waals surface area contributed by atoms with Crippen LogP contribution < -0.4 is 5.73 Å². The van der Waals surface area contributed by atoms with Crippen molar-refractivity contribution in [1.82, 2.24) is 4.90 Å². The maximum absolute atomic E-state index is 12.2. The molecule has 0 saturated carbocycles. The highest BCUT2D eigenvalue weighted by Crippen LogP contribution is 2.32. The summed E-state index contributed by atoms with van der Waals surface area (Å²) in [6, 6.07) is 6.48. The maximum atomic E-state index is 12.2. The van der Waals surface area contributed by atoms with E-state index in [2.05, 4.69) is 32.0 Å². The molecule has 0 bridgehead atoms. The van der Waals surface area contributed by atoms with Crippen LogP contribution in [0.15, 0.2) is 18.2 Å². The summed E-state index contributed by atoms with van der Waals surface area (Å²) in [5.41, 5.74) is 10.0. The summed E-state index contributed by atoms with van der Waals surface area (Å²) in [7, 11) is 0. The highest BCUT2D eigenvalue weighted by molar-refractivity contribution is 5.77. The lowest BCUT2D eigenvalue weighted by Gasteiger charge is -2.34. The van der Waals surface area contributed by atoms with Gasteiger partial charge in [0.15, 0.2) is 0 Å². The molecule has 2 unspecified atom stereocenters. The van der Waals surface area contributed by atoms with Gasteiger partial charge in [-0.15, -0.1) is 0 Å². The predicted octanol–water partition coefficient (Wildman–Crippen LogP) is 2.70. The van der Waals surface area contributed by atoms with Gasteiger partial charge in [-0.2, -0.15) is 0 Å². The van der Waals surface area contributed by atoms with Crippen LogP contribution in [0, 0.1) is 13.8 Å². The van der Waals surface area contributed by atoms with Crippen molar-refractivity contribution in [1.29, 1.82) is 0 Å². The molecule has 0 radical (unpaired) electrons. The average molecular weight is 260 g/mol. The molecule has 3 heteroatoms. The lowest BCUT2D eigenvalue weighted by Crippen LogP contribution is -2.42. The zero-order chi connectivity index (χ0) is 14.0. The van der Waals surface area contributed by atoms with Crippen LogP contribution in [0.1, 0.15) is 48.9 Å². The first-order chi connectivity index (χ1) is 9.04. The minimum absolute atomic E-state index is 0.0277. The quantitative estimate of drug-likeness (QED) is 0.888. The number of carbonyl (C=O) groups is 1. The van der Waals surface area contributed by atoms with E-state index < -0.39 is 0 Å². The van der Waals surface area contributed by atoms with Gasteiger partial charge in [-0.3, -0.25) is 4.79 Å². The fourth-order valence-electron chi connectivity index (χ4n) is 3.03. The summed E-state index contributed by atoms with van der Waals surface area (Å²) in [5.74, 6) is 0.237. The molecule has 1 aromatic carbocycles. The second-order valence-corrected chi connectivity index (χ2v) is 5.54. The lowest BCUT2D eigenvalue weighted by molar-refractivity contribution is -0.133. The van der Waals surface area contributed by atoms with Gasteiger partial charge in [-0.05, 0) is 44.7 Å². The summed E-state index contributed by atoms with van der Waals surface area (Å²) in [4.78, 5) is 14.2. The molecule has 3 nitrogen and oxygen atoms in total. The summed E-state index contributed by atoms with van der Waals surface area (Å²) in [6.45, 7) is 6.95. The number of likely N-dealkylation sites (tertiary alicyclic amines) is 1. The molecule has 1 aliphatic heterocycles. The molecule has 2 N–H and O–H groups in total. The van der Waals surface area contributed by atoms with Crippen LogP contribution in [0.4, 0.5) is 0 Å². The van der Waals surface area contributed by atoms with Gasteiger partial charge in [0.2, 0.25) is 5.91 Å². The zero-order valence-corrected chi connectivity index (χ0v) is 12.1. The fourth-order valence-corrected chi connectivity index (χ4v) is 3.03. The van der Waals surface area contributed by atoms with Gasteiger partial charge in [-0.1, -0.05) is 23.8 Å². The standard InChI is InChI=1S/C16H24N2O/c1-4-18-15(19)7-5-6-14(17)16(18)13-10-11(2)8-9-12(13)3/h8-10,14,16H,4-7,17H2,1-3H3. The van der Waals surface area contributed by atoms with E-state index >= 15 is 0 Å². The van der Waals surface area contributed by atoms with Gasteiger partial charge in [0, 0.05) is 19.0 Å². The highest BCUT2D eigenvalue weighted by atomic mass is 16.2. The average Bonchev–Trinajstić information content (AvgIpc) is 2.51. The molecule has 1 amide bonds. The summed E-state index contributed by atoms with van der Waals surface area (Å²) >= 11 is 0. The number of hydrogen-bond acceptors (Lipinski definition) is 2. The molecule has 1 heterocycles. The monoisotopic (exact) mass is 260 g/mol. The molecular weight excluding hydrogens is 236 g/mol. The molecule has 19 heavy (non-hydrogen) atoms. The van der Waals surface area contributed by atoms with Crippen LogP contribution in [0.2, 0.25) is 0 Å². The molecule has 2 atom stereocenters. The van der Waals surface area contributed by atoms with Crippen molar-refractivity contribution in [2.24, 2.45) is 5.73 Å². The Bertz CT molecular complexity index is 470. The predicted molar refractivity (Wildman–Crippen MR) is 77.9 cm³/mol. The van der Waals surface area contributed by atoms with E-state index in [0.29, 0.717) is 6.42 Å². The van der Waals surface area contributed by atoms with Crippen LogP contribution >= 0.6 is 0 Å². The number of likely N-dealkylation sites (N-methyl/N-ethyl adjacent to an activating group) is 1. The third-order valence-corrected chi connectivity index (χ3v) is 4.08. The molecule has 1 saturated heterocycles. The second kappa shape index (κ2) is 5.74. The summed E-state index contributed by atoms with van der Waals surface area (Å²) < 4.78 is 0. The lowest BCUT2D eigenvalue weighted by atomic mass is 9.92. The van der Waals surface area contributed by atoms with E-state index in [4.69, 9.17) is 5.73 Å². The Morgan fingerprint density at radius 3 is 2.79 bits per heavy atom. The number of hydrogen-bond donors (Lipinski definition) is 1. The Balaban J connectivity index is 2.47. The van der Waals surface area contributed by atoms with E-state index in [1.807, 2.05) is 11.8 Å². The van der Waals surface area contributed by atoms with Crippen molar-refractivity contribution in [3.63, 3.8) is 0 Å². The molecule has 0 aliphatic carbocycles. The van der Waals surface area contributed by atoms with Crippen molar-refractivity contribution in [3.05, 3.63) is 34.9 Å². The SMILES string of the molecule is CCN1C(=O)CCCC(N)C1c1cc(C)ccc1C. The van der Waals surface area contributed by atoms with E-state index in [9.17, 15) is 4.79 Å². The minimum Gasteiger partial charge on any atom is -0.334 e. The van der Waals surface area contributed by atoms with Crippen LogP contribution in [0.25, 0.3) is 0 Å². The van der Waals surface area contributed by atoms with Gasteiger partial charge in [0.25, 0.3) is 0 Å². The Morgan fingerprint density at radius 2 is 2.11 bits per heavy atom. The number of rotatable bonds is 2. The molecular formula is C16H24N2O. The Hall–Kier alpha value is -1.35. The van der Waals surface area contributed by atoms with Crippen molar-refractivity contribution in [3.8, 4) is 0 Å². The van der Waals surface area contributed by atoms with Crippen LogP contribution in [0.5, 0.6) is 0 Å². The topological polar surface area (TPSA) is 46.3 Å². The maximum Gasteiger partial charge on any atom is 0.223 e. The second-order valence-electron chi connectivity index (χ2n) is 5.54. The molecule has 2 rings (SSSR count). The van der Waals surface area contributed by atoms with Crippen molar-refractivity contribution in [2.45, 2.75) is 52.1 Å². The first-order valence-electron chi connectivity index (χ1n) is 7.16. The van der Waals surface area contributed by atoms with Gasteiger partial charge < -0.3 is 10.6 Å². The summed E-state index contributed by atoms with van der Waals surface area (Å²) in [5, 5.41) is 0. The van der Waals surface area contributed by atoms with E-state index in [1.54, 1.807) is 0 Å². The number of nitrogens with zero attached hydrogens (tertiary/aromatic N) is 1. The molecule has 0 aromatic heterocycles.